The van der Waals surface area contributed by atoms with Gasteiger partial charge in [0.05, 0.1) is 0 Å². The van der Waals surface area contributed by atoms with Gasteiger partial charge in [-0.3, -0.25) is 9.11 Å². The van der Waals surface area contributed by atoms with Gasteiger partial charge in [-0.2, -0.15) is 8.42 Å². The standard InChI is InChI=1S/H2O4S.H2O.O.Pb/c1-5(2,3)4;;;/h(H2,1,2,3,4);1H2;;. The third kappa shape index (κ3) is 663. The van der Waals surface area contributed by atoms with Crippen LogP contribution in [0.2, 0.25) is 0 Å². The first-order chi connectivity index (χ1) is 3.00. The van der Waals surface area contributed by atoms with Gasteiger partial charge in [0.1, 0.15) is 0 Å². The zero-order valence-electron chi connectivity index (χ0n) is 3.53. The molecule has 0 bridgehead atoms. The van der Waals surface area contributed by atoms with Gasteiger partial charge in [-0.25, -0.2) is 0 Å². The van der Waals surface area contributed by atoms with Gasteiger partial charge >= 0.3 is 38.9 Å². The minimum atomic E-state index is -4.67. The van der Waals surface area contributed by atoms with Gasteiger partial charge in [-0.15, -0.1) is 0 Å². The van der Waals surface area contributed by atoms with Crippen molar-refractivity contribution in [2.45, 2.75) is 0 Å². The van der Waals surface area contributed by atoms with Crippen molar-refractivity contribution in [1.29, 1.82) is 0 Å². The van der Waals surface area contributed by atoms with Crippen LogP contribution in [0.4, 0.5) is 0 Å². The second-order valence-corrected chi connectivity index (χ2v) is 1.34. The van der Waals surface area contributed by atoms with Crippen LogP contribution in [0, 0.1) is 0 Å². The fourth-order valence-electron chi connectivity index (χ4n) is 0. The van der Waals surface area contributed by atoms with Crippen LogP contribution in [0.5, 0.6) is 0 Å². The normalized spacial score (nSPS) is 7.75. The van der Waals surface area contributed by atoms with Crippen LogP contribution >= 0.6 is 0 Å². The van der Waals surface area contributed by atoms with Gasteiger partial charge in [0.15, 0.2) is 0 Å². The van der Waals surface area contributed by atoms with E-state index in [9.17, 15) is 0 Å². The SMILES string of the molecule is O.O=S(=O)(O)O.[O]=[Pb]. The van der Waals surface area contributed by atoms with Gasteiger partial charge < -0.3 is 5.48 Å². The Kier molecular flexibility index (Phi) is 14.9. The minimum absolute atomic E-state index is 0. The summed E-state index contributed by atoms with van der Waals surface area (Å²) in [6, 6.07) is 0. The first kappa shape index (κ1) is 15.8. The Morgan fingerprint density at radius 2 is 1.12 bits per heavy atom. The molecular formula is H4O6PbS. The zero-order valence-corrected chi connectivity index (χ0v) is 8.23. The van der Waals surface area contributed by atoms with Crippen molar-refractivity contribution >= 4 is 36.2 Å². The van der Waals surface area contributed by atoms with E-state index in [0.717, 1.165) is 0 Å². The molecule has 0 rings (SSSR count). The van der Waals surface area contributed by atoms with Gasteiger partial charge in [0.25, 0.3) is 0 Å². The van der Waals surface area contributed by atoms with Crippen LogP contribution in [0.1, 0.15) is 0 Å². The number of hydrogen-bond donors (Lipinski definition) is 2. The van der Waals surface area contributed by atoms with Crippen LogP contribution < -0.4 is 0 Å². The van der Waals surface area contributed by atoms with Crippen LogP contribution in [-0.2, 0) is 13.1 Å². The number of rotatable bonds is 0. The molecule has 0 aliphatic heterocycles. The molecule has 50 valence electrons. The molecule has 0 aliphatic rings. The molecular weight excluding hydrogens is 335 g/mol. The Morgan fingerprint density at radius 1 is 1.12 bits per heavy atom. The van der Waals surface area contributed by atoms with Crippen molar-refractivity contribution < 1.29 is 25.7 Å². The predicted molar refractivity (Wildman–Crippen MR) is 24.2 cm³/mol. The Balaban J connectivity index is -0.0000000750. The summed E-state index contributed by atoms with van der Waals surface area (Å²) in [6.07, 6.45) is 0. The first-order valence-corrected chi connectivity index (χ1v) is 3.89. The molecule has 8 heteroatoms. The van der Waals surface area contributed by atoms with Gasteiger partial charge in [-0.1, -0.05) is 0 Å². The van der Waals surface area contributed by atoms with E-state index < -0.39 is 10.4 Å². The molecule has 0 atom stereocenters. The molecule has 0 unspecified atom stereocenters. The van der Waals surface area contributed by atoms with Gasteiger partial charge in [-0.05, 0) is 0 Å². The molecule has 0 heterocycles. The summed E-state index contributed by atoms with van der Waals surface area (Å²) in [5.41, 5.74) is 0. The molecule has 0 amide bonds. The monoisotopic (exact) mass is 340 g/mol. The van der Waals surface area contributed by atoms with Crippen molar-refractivity contribution in [1.82, 2.24) is 0 Å². The zero-order chi connectivity index (χ0) is 6.50. The molecule has 0 saturated heterocycles. The molecule has 2 radical (unpaired) electrons. The van der Waals surface area contributed by atoms with Gasteiger partial charge in [0, 0.05) is 0 Å². The third-order valence-electron chi connectivity index (χ3n) is 0. The maximum absolute atomic E-state index is 8.74. The third-order valence-corrected chi connectivity index (χ3v) is 0. The van der Waals surface area contributed by atoms with E-state index in [1.807, 2.05) is 0 Å². The molecule has 0 aromatic heterocycles. The Labute approximate surface area is 61.9 Å². The van der Waals surface area contributed by atoms with Crippen molar-refractivity contribution in [2.24, 2.45) is 0 Å². The summed E-state index contributed by atoms with van der Waals surface area (Å²) < 4.78 is 40.0. The van der Waals surface area contributed by atoms with E-state index in [0.29, 0.717) is 0 Å². The fraction of sp³-hybridized carbons (Fsp3) is 0. The van der Waals surface area contributed by atoms with Crippen LogP contribution in [-0.4, -0.2) is 48.8 Å². The average molecular weight is 339 g/mol. The molecule has 0 fully saturated rings. The Hall–Kier alpha value is 0.552. The molecule has 8 heavy (non-hydrogen) atoms. The second-order valence-electron chi connectivity index (χ2n) is 0.448. The van der Waals surface area contributed by atoms with E-state index >= 15 is 0 Å². The topological polar surface area (TPSA) is 123 Å². The molecule has 4 N–H and O–H groups in total. The Morgan fingerprint density at radius 3 is 1.12 bits per heavy atom. The summed E-state index contributed by atoms with van der Waals surface area (Å²) in [6.45, 7) is 0. The molecule has 0 spiro atoms. The summed E-state index contributed by atoms with van der Waals surface area (Å²) in [7, 11) is -4.67. The molecule has 0 saturated carbocycles. The van der Waals surface area contributed by atoms with E-state index in [2.05, 4.69) is 0 Å². The molecule has 0 aromatic carbocycles. The summed E-state index contributed by atoms with van der Waals surface area (Å²) >= 11 is 0.0556. The predicted octanol–water partition coefficient (Wildman–Crippen LogP) is -1.98. The van der Waals surface area contributed by atoms with Gasteiger partial charge in [0.2, 0.25) is 0 Å². The molecule has 6 nitrogen and oxygen atoms in total. The molecule has 0 aromatic rings. The van der Waals surface area contributed by atoms with Crippen LogP contribution in [0.15, 0.2) is 0 Å². The first-order valence-electron chi connectivity index (χ1n) is 0.903. The average Bonchev–Trinajstić information content (AvgIpc) is 1.36. The quantitative estimate of drug-likeness (QED) is 0.391. The van der Waals surface area contributed by atoms with E-state index in [-0.39, 0.29) is 31.3 Å². The Bertz CT molecular complexity index is 102. The maximum atomic E-state index is 8.74. The van der Waals surface area contributed by atoms with Crippen molar-refractivity contribution in [2.75, 3.05) is 0 Å². The summed E-state index contributed by atoms with van der Waals surface area (Å²) in [5.74, 6) is 0. The number of hydrogen-bond acceptors (Lipinski definition) is 3. The van der Waals surface area contributed by atoms with E-state index in [4.69, 9.17) is 20.2 Å². The van der Waals surface area contributed by atoms with Crippen molar-refractivity contribution in [3.05, 3.63) is 0 Å². The van der Waals surface area contributed by atoms with Crippen LogP contribution in [0.25, 0.3) is 0 Å². The second kappa shape index (κ2) is 7.55. The molecule has 0 aliphatic carbocycles. The summed E-state index contributed by atoms with van der Waals surface area (Å²) in [4.78, 5) is 0. The van der Waals surface area contributed by atoms with Crippen molar-refractivity contribution in [3.8, 4) is 0 Å². The summed E-state index contributed by atoms with van der Waals surface area (Å²) in [5, 5.41) is 0. The fourth-order valence-corrected chi connectivity index (χ4v) is 0. The van der Waals surface area contributed by atoms with E-state index in [1.54, 1.807) is 0 Å². The van der Waals surface area contributed by atoms with Crippen molar-refractivity contribution in [3.63, 3.8) is 0 Å². The van der Waals surface area contributed by atoms with E-state index in [1.165, 1.54) is 0 Å². The van der Waals surface area contributed by atoms with Crippen LogP contribution in [0.3, 0.4) is 0 Å².